The maximum atomic E-state index is 12.5. The molecule has 1 aromatic carbocycles. The highest BCUT2D eigenvalue weighted by molar-refractivity contribution is 6.30. The van der Waals surface area contributed by atoms with E-state index in [0.29, 0.717) is 0 Å². The van der Waals surface area contributed by atoms with Gasteiger partial charge in [-0.3, -0.25) is 4.79 Å². The Morgan fingerprint density at radius 1 is 1.37 bits per heavy atom. The van der Waals surface area contributed by atoms with E-state index >= 15 is 0 Å². The van der Waals surface area contributed by atoms with Gasteiger partial charge in [0.1, 0.15) is 0 Å². The van der Waals surface area contributed by atoms with Crippen LogP contribution >= 0.6 is 11.6 Å². The molecule has 2 rings (SSSR count). The summed E-state index contributed by atoms with van der Waals surface area (Å²) in [4.78, 5) is 14.4. The molecule has 0 aliphatic carbocycles. The Labute approximate surface area is 119 Å². The van der Waals surface area contributed by atoms with Crippen LogP contribution in [0.3, 0.4) is 0 Å². The quantitative estimate of drug-likeness (QED) is 0.925. The average Bonchev–Trinajstić information content (AvgIpc) is 2.87. The maximum absolute atomic E-state index is 12.5. The van der Waals surface area contributed by atoms with Crippen molar-refractivity contribution in [3.05, 3.63) is 34.9 Å². The summed E-state index contributed by atoms with van der Waals surface area (Å²) >= 11 is 5.91. The summed E-state index contributed by atoms with van der Waals surface area (Å²) in [5.74, 6) is 0.0281. The predicted octanol–water partition coefficient (Wildman–Crippen LogP) is 2.99. The Morgan fingerprint density at radius 3 is 2.58 bits per heavy atom. The number of hydrogen-bond acceptors (Lipinski definition) is 2. The van der Waals surface area contributed by atoms with Crippen LogP contribution in [0.1, 0.15) is 38.3 Å². The Balaban J connectivity index is 2.17. The lowest BCUT2D eigenvalue weighted by Crippen LogP contribution is -2.41. The van der Waals surface area contributed by atoms with Crippen molar-refractivity contribution in [2.24, 2.45) is 11.7 Å². The number of nitrogens with two attached hydrogens (primary N) is 1. The third kappa shape index (κ3) is 3.10. The smallest absolute Gasteiger partial charge is 0.227 e. The third-order valence-corrected chi connectivity index (χ3v) is 4.22. The van der Waals surface area contributed by atoms with E-state index in [0.717, 1.165) is 30.0 Å². The van der Waals surface area contributed by atoms with Gasteiger partial charge in [0.25, 0.3) is 0 Å². The topological polar surface area (TPSA) is 46.3 Å². The number of amides is 1. The summed E-state index contributed by atoms with van der Waals surface area (Å²) in [5.41, 5.74) is 7.00. The molecule has 3 nitrogen and oxygen atoms in total. The highest BCUT2D eigenvalue weighted by Crippen LogP contribution is 2.33. The van der Waals surface area contributed by atoms with Crippen LogP contribution in [0, 0.1) is 5.92 Å². The Bertz CT molecular complexity index is 444. The van der Waals surface area contributed by atoms with Gasteiger partial charge in [0.15, 0.2) is 0 Å². The summed E-state index contributed by atoms with van der Waals surface area (Å²) in [7, 11) is 0. The molecule has 0 aromatic heterocycles. The van der Waals surface area contributed by atoms with E-state index in [2.05, 4.69) is 0 Å². The zero-order valence-corrected chi connectivity index (χ0v) is 12.2. The van der Waals surface area contributed by atoms with Crippen molar-refractivity contribution in [2.75, 3.05) is 6.54 Å². The van der Waals surface area contributed by atoms with Crippen molar-refractivity contribution in [1.82, 2.24) is 4.90 Å². The molecule has 3 atom stereocenters. The first kappa shape index (κ1) is 14.4. The number of benzene rings is 1. The van der Waals surface area contributed by atoms with Crippen LogP contribution < -0.4 is 5.73 Å². The summed E-state index contributed by atoms with van der Waals surface area (Å²) < 4.78 is 0. The van der Waals surface area contributed by atoms with Gasteiger partial charge in [0.05, 0.1) is 12.0 Å². The molecule has 104 valence electrons. The number of carbonyl (C=O) groups is 1. The van der Waals surface area contributed by atoms with Crippen molar-refractivity contribution in [2.45, 2.75) is 38.8 Å². The van der Waals surface area contributed by atoms with E-state index in [1.165, 1.54) is 0 Å². The Morgan fingerprint density at radius 2 is 2.00 bits per heavy atom. The third-order valence-electron chi connectivity index (χ3n) is 3.97. The normalized spacial score (nSPS) is 22.3. The van der Waals surface area contributed by atoms with E-state index in [9.17, 15) is 4.79 Å². The van der Waals surface area contributed by atoms with E-state index in [4.69, 9.17) is 17.3 Å². The fourth-order valence-corrected chi connectivity index (χ4v) is 2.67. The lowest BCUT2D eigenvalue weighted by molar-refractivity contribution is -0.136. The highest BCUT2D eigenvalue weighted by Gasteiger charge is 2.33. The van der Waals surface area contributed by atoms with Gasteiger partial charge < -0.3 is 10.6 Å². The molecule has 0 saturated carbocycles. The molecule has 1 fully saturated rings. The molecule has 1 amide bonds. The minimum Gasteiger partial charge on any atom is -0.335 e. The molecule has 1 aromatic rings. The van der Waals surface area contributed by atoms with Crippen molar-refractivity contribution in [1.29, 1.82) is 0 Å². The van der Waals surface area contributed by atoms with E-state index in [1.807, 2.05) is 43.0 Å². The Kier molecular flexibility index (Phi) is 4.48. The summed E-state index contributed by atoms with van der Waals surface area (Å²) in [5, 5.41) is 0.726. The van der Waals surface area contributed by atoms with Crippen LogP contribution in [0.2, 0.25) is 5.02 Å². The minimum atomic E-state index is -0.132. The van der Waals surface area contributed by atoms with Crippen molar-refractivity contribution in [3.63, 3.8) is 0 Å². The van der Waals surface area contributed by atoms with Crippen LogP contribution in [-0.4, -0.2) is 23.4 Å². The van der Waals surface area contributed by atoms with Gasteiger partial charge in [0, 0.05) is 17.6 Å². The van der Waals surface area contributed by atoms with Crippen LogP contribution in [0.5, 0.6) is 0 Å². The van der Waals surface area contributed by atoms with E-state index < -0.39 is 0 Å². The zero-order chi connectivity index (χ0) is 14.0. The fourth-order valence-electron chi connectivity index (χ4n) is 2.55. The monoisotopic (exact) mass is 280 g/mol. The van der Waals surface area contributed by atoms with Gasteiger partial charge >= 0.3 is 0 Å². The van der Waals surface area contributed by atoms with Crippen molar-refractivity contribution >= 4 is 17.5 Å². The molecule has 1 saturated heterocycles. The number of halogens is 1. The number of nitrogens with zero attached hydrogens (tertiary/aromatic N) is 1. The molecule has 19 heavy (non-hydrogen) atoms. The van der Waals surface area contributed by atoms with Gasteiger partial charge in [0.2, 0.25) is 5.91 Å². The number of rotatable bonds is 3. The maximum Gasteiger partial charge on any atom is 0.227 e. The van der Waals surface area contributed by atoms with Gasteiger partial charge in [-0.05, 0) is 37.5 Å². The second-order valence-corrected chi connectivity index (χ2v) is 5.83. The first-order valence-corrected chi connectivity index (χ1v) is 7.20. The van der Waals surface area contributed by atoms with Crippen molar-refractivity contribution < 1.29 is 4.79 Å². The molecule has 0 spiro atoms. The highest BCUT2D eigenvalue weighted by atomic mass is 35.5. The summed E-state index contributed by atoms with van der Waals surface area (Å²) in [6.45, 7) is 4.61. The molecule has 3 unspecified atom stereocenters. The number of hydrogen-bond donors (Lipinski definition) is 1. The molecule has 4 heteroatoms. The molecule has 0 radical (unpaired) electrons. The second kappa shape index (κ2) is 5.93. The van der Waals surface area contributed by atoms with Crippen molar-refractivity contribution in [3.8, 4) is 0 Å². The molecule has 2 N–H and O–H groups in total. The minimum absolute atomic E-state index is 0.112. The average molecular weight is 281 g/mol. The number of carbonyl (C=O) groups excluding carboxylic acids is 1. The van der Waals surface area contributed by atoms with E-state index in [-0.39, 0.29) is 23.9 Å². The first-order valence-electron chi connectivity index (χ1n) is 6.82. The van der Waals surface area contributed by atoms with E-state index in [1.54, 1.807) is 0 Å². The first-order chi connectivity index (χ1) is 9.00. The van der Waals surface area contributed by atoms with Gasteiger partial charge in [-0.15, -0.1) is 0 Å². The second-order valence-electron chi connectivity index (χ2n) is 5.39. The van der Waals surface area contributed by atoms with Crippen LogP contribution in [-0.2, 0) is 4.79 Å². The standard InChI is InChI=1S/C15H21ClN2O/c1-10(11(2)17)15(19)18-9-3-4-14(18)12-5-7-13(16)8-6-12/h5-8,10-11,14H,3-4,9,17H2,1-2H3. The zero-order valence-electron chi connectivity index (χ0n) is 11.5. The van der Waals surface area contributed by atoms with Crippen LogP contribution in [0.15, 0.2) is 24.3 Å². The van der Waals surface area contributed by atoms with Crippen LogP contribution in [0.4, 0.5) is 0 Å². The summed E-state index contributed by atoms with van der Waals surface area (Å²) in [6, 6.07) is 7.84. The van der Waals surface area contributed by atoms with Gasteiger partial charge in [-0.1, -0.05) is 30.7 Å². The lowest BCUT2D eigenvalue weighted by Gasteiger charge is -2.29. The van der Waals surface area contributed by atoms with Crippen LogP contribution in [0.25, 0.3) is 0 Å². The molecular formula is C15H21ClN2O. The van der Waals surface area contributed by atoms with Gasteiger partial charge in [-0.25, -0.2) is 0 Å². The summed E-state index contributed by atoms with van der Waals surface area (Å²) in [6.07, 6.45) is 2.06. The fraction of sp³-hybridized carbons (Fsp3) is 0.533. The SMILES string of the molecule is CC(N)C(C)C(=O)N1CCCC1c1ccc(Cl)cc1. The molecule has 1 aliphatic rings. The lowest BCUT2D eigenvalue weighted by atomic mass is 10.00. The largest absolute Gasteiger partial charge is 0.335 e. The predicted molar refractivity (Wildman–Crippen MR) is 78.0 cm³/mol. The molecule has 1 heterocycles. The number of likely N-dealkylation sites (tertiary alicyclic amines) is 1. The molecule has 0 bridgehead atoms. The molecule has 1 aliphatic heterocycles. The van der Waals surface area contributed by atoms with Gasteiger partial charge in [-0.2, -0.15) is 0 Å². The Hall–Kier alpha value is -1.06. The molecular weight excluding hydrogens is 260 g/mol.